The fraction of sp³-hybridized carbons (Fsp3) is 0.438. The first-order valence-electron chi connectivity index (χ1n) is 6.94. The van der Waals surface area contributed by atoms with E-state index in [9.17, 15) is 0 Å². The maximum Gasteiger partial charge on any atom is 0.0703 e. The Hall–Kier alpha value is -1.57. The summed E-state index contributed by atoms with van der Waals surface area (Å²) >= 11 is 0. The molecule has 0 amide bonds. The van der Waals surface area contributed by atoms with E-state index in [1.165, 1.54) is 31.1 Å². The molecule has 2 heteroatoms. The van der Waals surface area contributed by atoms with E-state index in [0.29, 0.717) is 6.04 Å². The van der Waals surface area contributed by atoms with Crippen molar-refractivity contribution < 1.29 is 0 Å². The van der Waals surface area contributed by atoms with Crippen LogP contribution in [-0.2, 0) is 0 Å². The van der Waals surface area contributed by atoms with Gasteiger partial charge in [-0.3, -0.25) is 4.98 Å². The Morgan fingerprint density at radius 1 is 1.17 bits per heavy atom. The van der Waals surface area contributed by atoms with Crippen molar-refractivity contribution >= 4 is 16.6 Å². The summed E-state index contributed by atoms with van der Waals surface area (Å²) < 4.78 is 0. The molecule has 2 nitrogen and oxygen atoms in total. The number of para-hydroxylation sites is 1. The molecule has 1 heterocycles. The van der Waals surface area contributed by atoms with Gasteiger partial charge < -0.3 is 5.32 Å². The maximum absolute atomic E-state index is 4.51. The van der Waals surface area contributed by atoms with E-state index in [1.807, 2.05) is 12.3 Å². The summed E-state index contributed by atoms with van der Waals surface area (Å²) in [5, 5.41) is 4.87. The number of benzene rings is 1. The van der Waals surface area contributed by atoms with E-state index < -0.39 is 0 Å². The van der Waals surface area contributed by atoms with Crippen LogP contribution in [0.1, 0.15) is 32.6 Å². The number of pyridine rings is 1. The monoisotopic (exact) mass is 240 g/mol. The van der Waals surface area contributed by atoms with Gasteiger partial charge in [-0.1, -0.05) is 38.0 Å². The molecule has 0 saturated heterocycles. The number of rotatable bonds is 2. The topological polar surface area (TPSA) is 24.9 Å². The predicted octanol–water partition coefficient (Wildman–Crippen LogP) is 4.23. The molecule has 1 N–H and O–H groups in total. The van der Waals surface area contributed by atoms with Crippen LogP contribution in [0.4, 0.5) is 5.69 Å². The zero-order valence-corrected chi connectivity index (χ0v) is 10.9. The number of nitrogens with one attached hydrogen (secondary N) is 1. The van der Waals surface area contributed by atoms with Gasteiger partial charge in [-0.25, -0.2) is 0 Å². The second-order valence-corrected chi connectivity index (χ2v) is 5.43. The molecule has 1 aromatic carbocycles. The Morgan fingerprint density at radius 3 is 2.89 bits per heavy atom. The summed E-state index contributed by atoms with van der Waals surface area (Å²) in [6.45, 7) is 2.35. The van der Waals surface area contributed by atoms with E-state index in [1.54, 1.807) is 0 Å². The summed E-state index contributed by atoms with van der Waals surface area (Å²) in [5.41, 5.74) is 2.23. The average Bonchev–Trinajstić information content (AvgIpc) is 2.41. The summed E-state index contributed by atoms with van der Waals surface area (Å²) in [5.74, 6) is 0.769. The third kappa shape index (κ3) is 2.33. The minimum atomic E-state index is 0.613. The van der Waals surface area contributed by atoms with Crippen LogP contribution >= 0.6 is 0 Å². The number of hydrogen-bond acceptors (Lipinski definition) is 2. The van der Waals surface area contributed by atoms with Crippen LogP contribution in [0.2, 0.25) is 0 Å². The molecule has 2 atom stereocenters. The van der Waals surface area contributed by atoms with Gasteiger partial charge in [0.15, 0.2) is 0 Å². The molecule has 2 unspecified atom stereocenters. The first-order chi connectivity index (χ1) is 8.83. The molecule has 0 bridgehead atoms. The van der Waals surface area contributed by atoms with Gasteiger partial charge in [0.1, 0.15) is 0 Å². The Balaban J connectivity index is 1.81. The third-order valence-electron chi connectivity index (χ3n) is 4.05. The first-order valence-corrected chi connectivity index (χ1v) is 6.94. The van der Waals surface area contributed by atoms with E-state index in [0.717, 1.165) is 17.1 Å². The van der Waals surface area contributed by atoms with Crippen molar-refractivity contribution in [2.24, 2.45) is 5.92 Å². The van der Waals surface area contributed by atoms with Crippen molar-refractivity contribution in [2.75, 3.05) is 5.32 Å². The molecule has 0 radical (unpaired) electrons. The fourth-order valence-electron chi connectivity index (χ4n) is 2.89. The molecule has 1 aliphatic carbocycles. The summed E-state index contributed by atoms with van der Waals surface area (Å²) in [4.78, 5) is 4.51. The highest BCUT2D eigenvalue weighted by Gasteiger charge is 2.20. The highest BCUT2D eigenvalue weighted by molar-refractivity contribution is 5.81. The minimum Gasteiger partial charge on any atom is -0.381 e. The molecule has 94 valence electrons. The molecular weight excluding hydrogens is 220 g/mol. The van der Waals surface area contributed by atoms with E-state index in [4.69, 9.17) is 0 Å². The van der Waals surface area contributed by atoms with Gasteiger partial charge in [-0.2, -0.15) is 0 Å². The first kappa shape index (κ1) is 11.5. The molecule has 1 saturated carbocycles. The van der Waals surface area contributed by atoms with Crippen LogP contribution < -0.4 is 5.32 Å². The molecular formula is C16H20N2. The van der Waals surface area contributed by atoms with Crippen molar-refractivity contribution in [2.45, 2.75) is 38.6 Å². The van der Waals surface area contributed by atoms with Gasteiger partial charge in [0.05, 0.1) is 17.4 Å². The summed E-state index contributed by atoms with van der Waals surface area (Å²) in [6, 6.07) is 11.1. The molecule has 2 aromatic rings. The second-order valence-electron chi connectivity index (χ2n) is 5.43. The number of aromatic nitrogens is 1. The lowest BCUT2D eigenvalue weighted by Gasteiger charge is -2.30. The number of hydrogen-bond donors (Lipinski definition) is 1. The van der Waals surface area contributed by atoms with Gasteiger partial charge in [0, 0.05) is 11.4 Å². The van der Waals surface area contributed by atoms with Gasteiger partial charge in [-0.05, 0) is 30.9 Å². The minimum absolute atomic E-state index is 0.613. The quantitative estimate of drug-likeness (QED) is 0.850. The van der Waals surface area contributed by atoms with Crippen molar-refractivity contribution in [3.05, 3.63) is 36.5 Å². The number of fused-ring (bicyclic) bond motifs is 1. The fourth-order valence-corrected chi connectivity index (χ4v) is 2.89. The van der Waals surface area contributed by atoms with E-state index in [2.05, 4.69) is 41.5 Å². The predicted molar refractivity (Wildman–Crippen MR) is 76.8 cm³/mol. The average molecular weight is 240 g/mol. The van der Waals surface area contributed by atoms with Crippen molar-refractivity contribution in [3.8, 4) is 0 Å². The lowest BCUT2D eigenvalue weighted by molar-refractivity contribution is 0.349. The van der Waals surface area contributed by atoms with E-state index >= 15 is 0 Å². The van der Waals surface area contributed by atoms with Crippen LogP contribution in [0.5, 0.6) is 0 Å². The van der Waals surface area contributed by atoms with Gasteiger partial charge >= 0.3 is 0 Å². The third-order valence-corrected chi connectivity index (χ3v) is 4.05. The van der Waals surface area contributed by atoms with Crippen LogP contribution in [0.15, 0.2) is 36.5 Å². The maximum atomic E-state index is 4.51. The Labute approximate surface area is 108 Å². The van der Waals surface area contributed by atoms with Crippen LogP contribution in [0, 0.1) is 5.92 Å². The largest absolute Gasteiger partial charge is 0.381 e. The van der Waals surface area contributed by atoms with Gasteiger partial charge in [0.25, 0.3) is 0 Å². The standard InChI is InChI=1S/C16H20N2/c1-12-6-2-4-8-15(12)18-14-10-13-7-3-5-9-16(13)17-11-14/h3,5,7,9-12,15,18H,2,4,6,8H2,1H3. The normalized spacial score (nSPS) is 24.1. The summed E-state index contributed by atoms with van der Waals surface area (Å²) in [7, 11) is 0. The molecule has 0 spiro atoms. The van der Waals surface area contributed by atoms with Crippen molar-refractivity contribution in [3.63, 3.8) is 0 Å². The Kier molecular flexibility index (Phi) is 3.18. The van der Waals surface area contributed by atoms with E-state index in [-0.39, 0.29) is 0 Å². The molecule has 18 heavy (non-hydrogen) atoms. The number of nitrogens with zero attached hydrogens (tertiary/aromatic N) is 1. The van der Waals surface area contributed by atoms with Crippen molar-refractivity contribution in [1.29, 1.82) is 0 Å². The molecule has 1 fully saturated rings. The van der Waals surface area contributed by atoms with Crippen LogP contribution in [-0.4, -0.2) is 11.0 Å². The zero-order chi connectivity index (χ0) is 12.4. The Morgan fingerprint density at radius 2 is 2.00 bits per heavy atom. The van der Waals surface area contributed by atoms with Crippen LogP contribution in [0.3, 0.4) is 0 Å². The zero-order valence-electron chi connectivity index (χ0n) is 10.9. The van der Waals surface area contributed by atoms with Gasteiger partial charge in [0.2, 0.25) is 0 Å². The van der Waals surface area contributed by atoms with Gasteiger partial charge in [-0.15, -0.1) is 0 Å². The highest BCUT2D eigenvalue weighted by Crippen LogP contribution is 2.27. The SMILES string of the molecule is CC1CCCCC1Nc1cnc2ccccc2c1. The molecule has 1 aromatic heterocycles. The lowest BCUT2D eigenvalue weighted by Crippen LogP contribution is -2.30. The van der Waals surface area contributed by atoms with Crippen molar-refractivity contribution in [1.82, 2.24) is 4.98 Å². The highest BCUT2D eigenvalue weighted by atomic mass is 14.9. The molecule has 1 aliphatic rings. The molecule has 0 aliphatic heterocycles. The smallest absolute Gasteiger partial charge is 0.0703 e. The molecule has 3 rings (SSSR count). The summed E-state index contributed by atoms with van der Waals surface area (Å²) in [6.07, 6.45) is 7.33. The Bertz CT molecular complexity index is 535. The second kappa shape index (κ2) is 4.97. The number of anilines is 1. The lowest BCUT2D eigenvalue weighted by atomic mass is 9.86. The van der Waals surface area contributed by atoms with Crippen LogP contribution in [0.25, 0.3) is 10.9 Å².